The molecule has 0 spiro atoms. The van der Waals surface area contributed by atoms with Crippen molar-refractivity contribution in [3.63, 3.8) is 0 Å². The van der Waals surface area contributed by atoms with Crippen LogP contribution in [-0.4, -0.2) is 38.5 Å². The van der Waals surface area contributed by atoms with Gasteiger partial charge < -0.3 is 16.0 Å². The molecular formula is C27H29N7. The first-order chi connectivity index (χ1) is 16.5. The maximum absolute atomic E-state index is 8.90. The van der Waals surface area contributed by atoms with Crippen molar-refractivity contribution in [1.82, 2.24) is 14.9 Å². The number of fused-ring (bicyclic) bond motifs is 1. The van der Waals surface area contributed by atoms with E-state index in [1.165, 1.54) is 6.33 Å². The highest BCUT2D eigenvalue weighted by Crippen LogP contribution is 2.41. The molecule has 0 amide bonds. The minimum Gasteiger partial charge on any atom is -0.383 e. The lowest BCUT2D eigenvalue weighted by Gasteiger charge is -2.35. The molecule has 1 aromatic heterocycles. The lowest BCUT2D eigenvalue weighted by Crippen LogP contribution is -2.43. The molecule has 1 saturated carbocycles. The Morgan fingerprint density at radius 1 is 1.21 bits per heavy atom. The number of nitrogens with zero attached hydrogens (tertiary/aromatic N) is 4. The van der Waals surface area contributed by atoms with Gasteiger partial charge in [-0.3, -0.25) is 5.41 Å². The summed E-state index contributed by atoms with van der Waals surface area (Å²) >= 11 is 0. The summed E-state index contributed by atoms with van der Waals surface area (Å²) in [4.78, 5) is 15.9. The zero-order valence-electron chi connectivity index (χ0n) is 19.5. The highest BCUT2D eigenvalue weighted by molar-refractivity contribution is 6.16. The van der Waals surface area contributed by atoms with E-state index in [-0.39, 0.29) is 11.9 Å². The fourth-order valence-corrected chi connectivity index (χ4v) is 4.42. The summed E-state index contributed by atoms with van der Waals surface area (Å²) in [5, 5.41) is 12.4. The van der Waals surface area contributed by atoms with Crippen LogP contribution in [0, 0.1) is 5.41 Å². The summed E-state index contributed by atoms with van der Waals surface area (Å²) in [6.07, 6.45) is 4.57. The first kappa shape index (κ1) is 21.8. The van der Waals surface area contributed by atoms with E-state index in [4.69, 9.17) is 16.1 Å². The quantitative estimate of drug-likeness (QED) is 0.438. The Balaban J connectivity index is 1.50. The number of nitrogen functional groups attached to an aromatic ring is 1. The second kappa shape index (κ2) is 8.74. The number of benzene rings is 2. The Morgan fingerprint density at radius 3 is 2.76 bits per heavy atom. The van der Waals surface area contributed by atoms with Crippen LogP contribution in [0.15, 0.2) is 66.4 Å². The van der Waals surface area contributed by atoms with Crippen molar-refractivity contribution < 1.29 is 0 Å². The number of nitrogens with two attached hydrogens (primary N) is 1. The molecular weight excluding hydrogens is 422 g/mol. The van der Waals surface area contributed by atoms with Gasteiger partial charge in [0.05, 0.1) is 23.0 Å². The second-order valence-corrected chi connectivity index (χ2v) is 8.81. The predicted molar refractivity (Wildman–Crippen MR) is 139 cm³/mol. The van der Waals surface area contributed by atoms with Crippen LogP contribution in [0.4, 0.5) is 17.3 Å². The zero-order chi connectivity index (χ0) is 23.8. The third kappa shape index (κ3) is 3.94. The molecule has 0 bridgehead atoms. The Labute approximate surface area is 200 Å². The van der Waals surface area contributed by atoms with Crippen LogP contribution in [0.2, 0.25) is 0 Å². The van der Waals surface area contributed by atoms with E-state index in [9.17, 15) is 0 Å². The number of anilines is 2. The highest BCUT2D eigenvalue weighted by atomic mass is 15.3. The average molecular weight is 452 g/mol. The lowest BCUT2D eigenvalue weighted by molar-refractivity contribution is 0.549. The van der Waals surface area contributed by atoms with E-state index in [0.29, 0.717) is 23.1 Å². The molecule has 0 radical (unpaired) electrons. The summed E-state index contributed by atoms with van der Waals surface area (Å²) in [6.45, 7) is 8.54. The minimum atomic E-state index is -0.187. The van der Waals surface area contributed by atoms with Crippen LogP contribution >= 0.6 is 0 Å². The molecule has 172 valence electrons. The number of aromatic nitrogens is 2. The fourth-order valence-electron chi connectivity index (χ4n) is 4.42. The monoisotopic (exact) mass is 451 g/mol. The van der Waals surface area contributed by atoms with Gasteiger partial charge in [0.2, 0.25) is 0 Å². The van der Waals surface area contributed by atoms with E-state index in [1.807, 2.05) is 36.4 Å². The number of nitrogens with one attached hydrogen (secondary N) is 2. The number of hydrogen-bond donors (Lipinski definition) is 3. The molecule has 34 heavy (non-hydrogen) atoms. The van der Waals surface area contributed by atoms with Crippen molar-refractivity contribution in [2.75, 3.05) is 11.1 Å². The minimum absolute atomic E-state index is 0.187. The van der Waals surface area contributed by atoms with Crippen molar-refractivity contribution in [3.05, 3.63) is 83.7 Å². The van der Waals surface area contributed by atoms with Crippen LogP contribution < -0.4 is 11.1 Å². The molecule has 5 rings (SSSR count). The van der Waals surface area contributed by atoms with Crippen LogP contribution in [-0.2, 0) is 6.42 Å². The van der Waals surface area contributed by atoms with Gasteiger partial charge >= 0.3 is 0 Å². The van der Waals surface area contributed by atoms with Gasteiger partial charge in [0.25, 0.3) is 0 Å². The SMILES string of the molecule is C=C1c2ccccc2N=C(C(C)Nc2ncnc(N)c2C(=N)c2cccc(CC)c2)N1C1CC1. The summed E-state index contributed by atoms with van der Waals surface area (Å²) in [5.41, 5.74) is 12.0. The van der Waals surface area contributed by atoms with Crippen LogP contribution in [0.1, 0.15) is 48.9 Å². The second-order valence-electron chi connectivity index (χ2n) is 8.81. The first-order valence-corrected chi connectivity index (χ1v) is 11.7. The zero-order valence-corrected chi connectivity index (χ0v) is 19.5. The maximum atomic E-state index is 8.90. The van der Waals surface area contributed by atoms with Gasteiger partial charge in [-0.05, 0) is 43.9 Å². The molecule has 7 nitrogen and oxygen atoms in total. The molecule has 3 aromatic rings. The molecule has 2 heterocycles. The van der Waals surface area contributed by atoms with Gasteiger partial charge in [0, 0.05) is 22.9 Å². The number of para-hydroxylation sites is 1. The van der Waals surface area contributed by atoms with Crippen molar-refractivity contribution >= 4 is 34.6 Å². The number of hydrogen-bond acceptors (Lipinski definition) is 7. The Bertz CT molecular complexity index is 1310. The van der Waals surface area contributed by atoms with Crippen molar-refractivity contribution in [2.45, 2.75) is 45.2 Å². The number of aryl methyl sites for hydroxylation is 1. The predicted octanol–water partition coefficient (Wildman–Crippen LogP) is 5.02. The molecule has 2 aromatic carbocycles. The number of rotatable bonds is 7. The molecule has 1 atom stereocenters. The fraction of sp³-hybridized carbons (Fsp3) is 0.259. The molecule has 2 aliphatic rings. The molecule has 4 N–H and O–H groups in total. The van der Waals surface area contributed by atoms with Gasteiger partial charge in [0.15, 0.2) is 0 Å². The average Bonchev–Trinajstić information content (AvgIpc) is 3.69. The van der Waals surface area contributed by atoms with E-state index >= 15 is 0 Å². The van der Waals surface area contributed by atoms with Gasteiger partial charge in [-0.15, -0.1) is 0 Å². The molecule has 1 aliphatic heterocycles. The largest absolute Gasteiger partial charge is 0.383 e. The van der Waals surface area contributed by atoms with Crippen molar-refractivity contribution in [3.8, 4) is 0 Å². The molecule has 1 unspecified atom stereocenters. The summed E-state index contributed by atoms with van der Waals surface area (Å²) in [7, 11) is 0. The Kier molecular flexibility index (Phi) is 5.61. The maximum Gasteiger partial charge on any atom is 0.141 e. The Morgan fingerprint density at radius 2 is 2.00 bits per heavy atom. The normalized spacial score (nSPS) is 16.0. The Hall–Kier alpha value is -4.00. The van der Waals surface area contributed by atoms with Crippen LogP contribution in [0.5, 0.6) is 0 Å². The molecule has 7 heteroatoms. The van der Waals surface area contributed by atoms with E-state index in [1.54, 1.807) is 0 Å². The smallest absolute Gasteiger partial charge is 0.141 e. The van der Waals surface area contributed by atoms with Gasteiger partial charge in [-0.2, -0.15) is 0 Å². The molecule has 1 fully saturated rings. The highest BCUT2D eigenvalue weighted by Gasteiger charge is 2.38. The summed E-state index contributed by atoms with van der Waals surface area (Å²) in [6, 6.07) is 16.3. The van der Waals surface area contributed by atoms with Crippen LogP contribution in [0.3, 0.4) is 0 Å². The molecule has 0 saturated heterocycles. The number of amidine groups is 1. The van der Waals surface area contributed by atoms with E-state index in [2.05, 4.69) is 52.7 Å². The third-order valence-corrected chi connectivity index (χ3v) is 6.39. The van der Waals surface area contributed by atoms with E-state index in [0.717, 1.165) is 53.2 Å². The number of aliphatic imine (C=N–C) groups is 1. The molecule has 1 aliphatic carbocycles. The van der Waals surface area contributed by atoms with E-state index < -0.39 is 0 Å². The topological polar surface area (TPSA) is 103 Å². The van der Waals surface area contributed by atoms with Gasteiger partial charge in [-0.25, -0.2) is 15.0 Å². The summed E-state index contributed by atoms with van der Waals surface area (Å²) < 4.78 is 0. The van der Waals surface area contributed by atoms with Crippen molar-refractivity contribution in [2.24, 2.45) is 4.99 Å². The van der Waals surface area contributed by atoms with Gasteiger partial charge in [0.1, 0.15) is 23.8 Å². The first-order valence-electron chi connectivity index (χ1n) is 11.7. The lowest BCUT2D eigenvalue weighted by atomic mass is 10.00. The van der Waals surface area contributed by atoms with Crippen LogP contribution in [0.25, 0.3) is 5.70 Å². The van der Waals surface area contributed by atoms with Gasteiger partial charge in [-0.1, -0.05) is 49.9 Å². The van der Waals surface area contributed by atoms with Crippen molar-refractivity contribution in [1.29, 1.82) is 5.41 Å². The third-order valence-electron chi connectivity index (χ3n) is 6.39. The summed E-state index contributed by atoms with van der Waals surface area (Å²) in [5.74, 6) is 1.69. The standard InChI is InChI=1S/C27H29N7/c1-4-18-8-7-9-19(14-18)24(28)23-25(29)30-15-31-26(23)32-16(2)27-33-22-11-6-5-10-21(22)17(3)34(27)20-12-13-20/h5-11,14-16,20,28H,3-4,12-13H2,1-2H3,(H3,29,30,31,32).